The smallest absolute Gasteiger partial charge is 0.261 e. The first-order chi connectivity index (χ1) is 8.69. The summed E-state index contributed by atoms with van der Waals surface area (Å²) >= 11 is 0. The Bertz CT molecular complexity index is 253. The van der Waals surface area contributed by atoms with Crippen molar-refractivity contribution in [3.63, 3.8) is 0 Å². The largest absolute Gasteiger partial charge is 0.375 e. The van der Waals surface area contributed by atoms with Crippen molar-refractivity contribution >= 4 is 0 Å². The van der Waals surface area contributed by atoms with Gasteiger partial charge in [-0.25, -0.2) is 8.78 Å². The topological polar surface area (TPSA) is 47.3 Å². The van der Waals surface area contributed by atoms with Crippen LogP contribution in [0.1, 0.15) is 38.5 Å². The van der Waals surface area contributed by atoms with Crippen molar-refractivity contribution in [3.05, 3.63) is 0 Å². The summed E-state index contributed by atoms with van der Waals surface area (Å²) in [4.78, 5) is 0. The van der Waals surface area contributed by atoms with Gasteiger partial charge < -0.3 is 4.74 Å². The van der Waals surface area contributed by atoms with Gasteiger partial charge in [0.05, 0.1) is 0 Å². The lowest BCUT2D eigenvalue weighted by Crippen LogP contribution is -2.38. The molecule has 0 aliphatic heterocycles. The van der Waals surface area contributed by atoms with Gasteiger partial charge in [0.25, 0.3) is 6.43 Å². The summed E-state index contributed by atoms with van der Waals surface area (Å²) in [6.07, 6.45) is 4.91. The van der Waals surface area contributed by atoms with Gasteiger partial charge in [0.1, 0.15) is 6.61 Å². The molecule has 2 saturated carbocycles. The molecule has 3 nitrogen and oxygen atoms in total. The molecule has 2 bridgehead atoms. The lowest BCUT2D eigenvalue weighted by atomic mass is 9.84. The first-order valence-corrected chi connectivity index (χ1v) is 7.01. The fraction of sp³-hybridized carbons (Fsp3) is 1.00. The Balaban J connectivity index is 1.63. The van der Waals surface area contributed by atoms with Crippen LogP contribution in [0.2, 0.25) is 0 Å². The van der Waals surface area contributed by atoms with Gasteiger partial charge in [0.15, 0.2) is 0 Å². The van der Waals surface area contributed by atoms with E-state index in [1.165, 1.54) is 25.7 Å². The molecule has 3 N–H and O–H groups in total. The predicted octanol–water partition coefficient (Wildman–Crippen LogP) is 2.32. The Kier molecular flexibility index (Phi) is 5.33. The van der Waals surface area contributed by atoms with E-state index in [-0.39, 0.29) is 6.04 Å². The van der Waals surface area contributed by atoms with Gasteiger partial charge in [-0.3, -0.25) is 11.3 Å². The van der Waals surface area contributed by atoms with Gasteiger partial charge in [0.2, 0.25) is 0 Å². The van der Waals surface area contributed by atoms with Crippen LogP contribution in [0.4, 0.5) is 8.78 Å². The van der Waals surface area contributed by atoms with E-state index < -0.39 is 13.0 Å². The van der Waals surface area contributed by atoms with E-state index in [1.54, 1.807) is 0 Å². The number of rotatable bonds is 8. The van der Waals surface area contributed by atoms with Gasteiger partial charge in [0, 0.05) is 12.6 Å². The van der Waals surface area contributed by atoms with Crippen LogP contribution in [-0.4, -0.2) is 25.7 Å². The van der Waals surface area contributed by atoms with Crippen molar-refractivity contribution in [2.75, 3.05) is 13.2 Å². The molecular weight excluding hydrogens is 238 g/mol. The van der Waals surface area contributed by atoms with Gasteiger partial charge in [-0.15, -0.1) is 0 Å². The van der Waals surface area contributed by atoms with Crippen molar-refractivity contribution in [3.8, 4) is 0 Å². The van der Waals surface area contributed by atoms with Crippen LogP contribution >= 0.6 is 0 Å². The Labute approximate surface area is 107 Å². The minimum absolute atomic E-state index is 0.201. The standard InChI is InChI=1S/C13H24F2N2O/c14-13(15)8-18-4-3-12(17-16)7-11-6-9-1-2-10(11)5-9/h9-13,17H,1-8,16H2. The first kappa shape index (κ1) is 14.2. The molecule has 106 valence electrons. The van der Waals surface area contributed by atoms with Gasteiger partial charge in [-0.1, -0.05) is 6.42 Å². The highest BCUT2D eigenvalue weighted by Gasteiger charge is 2.39. The summed E-state index contributed by atoms with van der Waals surface area (Å²) in [6.45, 7) is -0.106. The lowest BCUT2D eigenvalue weighted by Gasteiger charge is -2.26. The maximum absolute atomic E-state index is 11.9. The predicted molar refractivity (Wildman–Crippen MR) is 66.1 cm³/mol. The van der Waals surface area contributed by atoms with E-state index in [9.17, 15) is 8.78 Å². The third kappa shape index (κ3) is 3.87. The van der Waals surface area contributed by atoms with E-state index in [2.05, 4.69) is 5.43 Å². The van der Waals surface area contributed by atoms with E-state index in [0.29, 0.717) is 6.61 Å². The Morgan fingerprint density at radius 3 is 2.67 bits per heavy atom. The minimum atomic E-state index is -2.38. The average Bonchev–Trinajstić information content (AvgIpc) is 2.94. The summed E-state index contributed by atoms with van der Waals surface area (Å²) < 4.78 is 28.7. The van der Waals surface area contributed by atoms with Crippen molar-refractivity contribution < 1.29 is 13.5 Å². The normalized spacial score (nSPS) is 32.3. The Hall–Kier alpha value is -0.260. The van der Waals surface area contributed by atoms with Crippen LogP contribution in [-0.2, 0) is 4.74 Å². The molecule has 2 fully saturated rings. The molecule has 2 aliphatic carbocycles. The van der Waals surface area contributed by atoms with E-state index in [0.717, 1.165) is 30.6 Å². The zero-order chi connectivity index (χ0) is 13.0. The first-order valence-electron chi connectivity index (χ1n) is 7.01. The number of nitrogens with two attached hydrogens (primary N) is 1. The molecule has 0 aromatic carbocycles. The quantitative estimate of drug-likeness (QED) is 0.401. The number of hydrazine groups is 1. The molecule has 0 saturated heterocycles. The van der Waals surface area contributed by atoms with E-state index in [4.69, 9.17) is 10.6 Å². The number of alkyl halides is 2. The molecule has 0 aromatic rings. The second-order valence-corrected chi connectivity index (χ2v) is 5.79. The fourth-order valence-corrected chi connectivity index (χ4v) is 3.70. The number of halogens is 2. The SMILES string of the molecule is NNC(CCOCC(F)F)CC1CC2CCC1C2. The maximum Gasteiger partial charge on any atom is 0.261 e. The van der Waals surface area contributed by atoms with Crippen LogP contribution in [0.5, 0.6) is 0 Å². The third-order valence-corrected chi connectivity index (χ3v) is 4.56. The number of fused-ring (bicyclic) bond motifs is 2. The lowest BCUT2D eigenvalue weighted by molar-refractivity contribution is 0.0135. The van der Waals surface area contributed by atoms with Gasteiger partial charge in [-0.2, -0.15) is 0 Å². The molecule has 0 spiro atoms. The molecule has 5 heteroatoms. The molecule has 2 aliphatic rings. The van der Waals surface area contributed by atoms with Gasteiger partial charge >= 0.3 is 0 Å². The number of hydrogen-bond acceptors (Lipinski definition) is 3. The Morgan fingerprint density at radius 2 is 2.11 bits per heavy atom. The number of ether oxygens (including phenoxy) is 1. The highest BCUT2D eigenvalue weighted by atomic mass is 19.3. The summed E-state index contributed by atoms with van der Waals surface area (Å²) in [7, 11) is 0. The number of hydrogen-bond donors (Lipinski definition) is 2. The van der Waals surface area contributed by atoms with Crippen molar-refractivity contribution in [1.29, 1.82) is 0 Å². The van der Waals surface area contributed by atoms with Crippen LogP contribution < -0.4 is 11.3 Å². The molecule has 0 radical (unpaired) electrons. The zero-order valence-corrected chi connectivity index (χ0v) is 10.8. The van der Waals surface area contributed by atoms with Crippen molar-refractivity contribution in [2.45, 2.75) is 51.0 Å². The van der Waals surface area contributed by atoms with Gasteiger partial charge in [-0.05, 0) is 49.9 Å². The van der Waals surface area contributed by atoms with Crippen LogP contribution in [0, 0.1) is 17.8 Å². The summed E-state index contributed by atoms with van der Waals surface area (Å²) in [5, 5.41) is 0. The molecule has 4 unspecified atom stereocenters. The molecule has 0 heterocycles. The molecule has 0 amide bonds. The molecule has 18 heavy (non-hydrogen) atoms. The fourth-order valence-electron chi connectivity index (χ4n) is 3.70. The second kappa shape index (κ2) is 6.78. The van der Waals surface area contributed by atoms with Crippen molar-refractivity contribution in [1.82, 2.24) is 5.43 Å². The van der Waals surface area contributed by atoms with Crippen LogP contribution in [0.15, 0.2) is 0 Å². The zero-order valence-electron chi connectivity index (χ0n) is 10.8. The number of nitrogens with one attached hydrogen (secondary N) is 1. The molecular formula is C13H24F2N2O. The average molecular weight is 262 g/mol. The van der Waals surface area contributed by atoms with E-state index >= 15 is 0 Å². The second-order valence-electron chi connectivity index (χ2n) is 5.79. The molecule has 2 rings (SSSR count). The van der Waals surface area contributed by atoms with Crippen LogP contribution in [0.3, 0.4) is 0 Å². The van der Waals surface area contributed by atoms with E-state index in [1.807, 2.05) is 0 Å². The third-order valence-electron chi connectivity index (χ3n) is 4.56. The highest BCUT2D eigenvalue weighted by molar-refractivity contribution is 4.91. The maximum atomic E-state index is 11.9. The van der Waals surface area contributed by atoms with Crippen LogP contribution in [0.25, 0.3) is 0 Å². The summed E-state index contributed by atoms with van der Waals surface area (Å²) in [5.74, 6) is 8.14. The monoisotopic (exact) mass is 262 g/mol. The molecule has 0 aromatic heterocycles. The minimum Gasteiger partial charge on any atom is -0.375 e. The Morgan fingerprint density at radius 1 is 1.28 bits per heavy atom. The highest BCUT2D eigenvalue weighted by Crippen LogP contribution is 2.49. The molecule has 4 atom stereocenters. The summed E-state index contributed by atoms with van der Waals surface area (Å²) in [6, 6.07) is 0.201. The van der Waals surface area contributed by atoms with Crippen molar-refractivity contribution in [2.24, 2.45) is 23.6 Å². The summed E-state index contributed by atoms with van der Waals surface area (Å²) in [5.41, 5.74) is 2.81.